The van der Waals surface area contributed by atoms with Gasteiger partial charge in [0.2, 0.25) is 0 Å². The molecule has 1 aromatic rings. The zero-order valence-corrected chi connectivity index (χ0v) is 10.4. The fraction of sp³-hybridized carbons (Fsp3) is 0.571. The molecule has 0 aliphatic carbocycles. The minimum absolute atomic E-state index is 0.606. The van der Waals surface area contributed by atoms with Crippen LogP contribution < -0.4 is 5.73 Å². The molecule has 1 heteroatoms. The van der Waals surface area contributed by atoms with Gasteiger partial charge in [0, 0.05) is 0 Å². The molecular formula is C14H23N. The molecule has 0 heterocycles. The van der Waals surface area contributed by atoms with Gasteiger partial charge in [0.05, 0.1) is 0 Å². The lowest BCUT2D eigenvalue weighted by Crippen LogP contribution is -2.12. The van der Waals surface area contributed by atoms with Crippen LogP contribution in [0.15, 0.2) is 18.2 Å². The van der Waals surface area contributed by atoms with Gasteiger partial charge in [-0.1, -0.05) is 37.6 Å². The van der Waals surface area contributed by atoms with Crippen LogP contribution in [0.25, 0.3) is 0 Å². The Kier molecular flexibility index (Phi) is 4.34. The Hall–Kier alpha value is -0.820. The van der Waals surface area contributed by atoms with Crippen molar-refractivity contribution in [3.05, 3.63) is 34.9 Å². The number of hydrogen-bond donors (Lipinski definition) is 1. The molecule has 0 spiro atoms. The average Bonchev–Trinajstić information content (AvgIpc) is 2.17. The summed E-state index contributed by atoms with van der Waals surface area (Å²) in [5, 5.41) is 0. The van der Waals surface area contributed by atoms with Crippen LogP contribution in [0.4, 0.5) is 0 Å². The van der Waals surface area contributed by atoms with E-state index in [1.807, 2.05) is 0 Å². The van der Waals surface area contributed by atoms with E-state index in [1.54, 1.807) is 0 Å². The molecule has 0 amide bonds. The Balaban J connectivity index is 2.86. The average molecular weight is 205 g/mol. The zero-order valence-electron chi connectivity index (χ0n) is 10.4. The molecule has 15 heavy (non-hydrogen) atoms. The van der Waals surface area contributed by atoms with Gasteiger partial charge in [0.25, 0.3) is 0 Å². The summed E-state index contributed by atoms with van der Waals surface area (Å²) in [6.07, 6.45) is 1.11. The largest absolute Gasteiger partial charge is 0.330 e. The molecule has 0 aliphatic rings. The van der Waals surface area contributed by atoms with Crippen molar-refractivity contribution in [2.24, 2.45) is 11.7 Å². The molecular weight excluding hydrogens is 182 g/mol. The summed E-state index contributed by atoms with van der Waals surface area (Å²) >= 11 is 0. The third-order valence-corrected chi connectivity index (χ3v) is 3.39. The van der Waals surface area contributed by atoms with E-state index in [4.69, 9.17) is 5.73 Å². The first kappa shape index (κ1) is 12.3. The Morgan fingerprint density at radius 2 is 1.87 bits per heavy atom. The molecule has 0 saturated carbocycles. The van der Waals surface area contributed by atoms with E-state index in [0.29, 0.717) is 11.8 Å². The highest BCUT2D eigenvalue weighted by atomic mass is 14.5. The first-order chi connectivity index (χ1) is 7.06. The Bertz CT molecular complexity index is 317. The van der Waals surface area contributed by atoms with Crippen molar-refractivity contribution in [3.63, 3.8) is 0 Å². The number of nitrogens with two attached hydrogens (primary N) is 1. The molecule has 2 unspecified atom stereocenters. The van der Waals surface area contributed by atoms with Crippen LogP contribution in [0.2, 0.25) is 0 Å². The predicted octanol–water partition coefficient (Wildman–Crippen LogP) is 3.39. The van der Waals surface area contributed by atoms with Gasteiger partial charge in [-0.05, 0) is 49.8 Å². The number of rotatable bonds is 4. The highest BCUT2D eigenvalue weighted by Gasteiger charge is 2.15. The quantitative estimate of drug-likeness (QED) is 0.801. The summed E-state index contributed by atoms with van der Waals surface area (Å²) < 4.78 is 0. The standard InChI is InChI=1S/C14H23N/c1-10-5-6-14(12(3)9-10)13(4)11(2)7-8-15/h5-6,9,11,13H,7-8,15H2,1-4H3. The molecule has 1 aromatic carbocycles. The van der Waals surface area contributed by atoms with Gasteiger partial charge < -0.3 is 5.73 Å². The van der Waals surface area contributed by atoms with Crippen molar-refractivity contribution in [2.45, 2.75) is 40.0 Å². The molecule has 2 atom stereocenters. The highest BCUT2D eigenvalue weighted by Crippen LogP contribution is 2.28. The zero-order chi connectivity index (χ0) is 11.4. The maximum atomic E-state index is 5.61. The van der Waals surface area contributed by atoms with E-state index >= 15 is 0 Å². The minimum atomic E-state index is 0.606. The second-order valence-electron chi connectivity index (χ2n) is 4.70. The van der Waals surface area contributed by atoms with E-state index in [1.165, 1.54) is 16.7 Å². The SMILES string of the molecule is Cc1ccc(C(C)C(C)CCN)c(C)c1. The maximum Gasteiger partial charge on any atom is -0.00745 e. The summed E-state index contributed by atoms with van der Waals surface area (Å²) in [7, 11) is 0. The number of aryl methyl sites for hydroxylation is 2. The van der Waals surface area contributed by atoms with Gasteiger partial charge in [-0.25, -0.2) is 0 Å². The van der Waals surface area contributed by atoms with E-state index < -0.39 is 0 Å². The number of benzene rings is 1. The summed E-state index contributed by atoms with van der Waals surface area (Å²) in [4.78, 5) is 0. The lowest BCUT2D eigenvalue weighted by molar-refractivity contribution is 0.458. The van der Waals surface area contributed by atoms with Crippen molar-refractivity contribution in [1.82, 2.24) is 0 Å². The van der Waals surface area contributed by atoms with E-state index in [-0.39, 0.29) is 0 Å². The number of hydrogen-bond acceptors (Lipinski definition) is 1. The minimum Gasteiger partial charge on any atom is -0.330 e. The molecule has 84 valence electrons. The van der Waals surface area contributed by atoms with Gasteiger partial charge in [-0.3, -0.25) is 0 Å². The van der Waals surface area contributed by atoms with E-state index in [0.717, 1.165) is 13.0 Å². The summed E-state index contributed by atoms with van der Waals surface area (Å²) in [6.45, 7) is 9.73. The van der Waals surface area contributed by atoms with Gasteiger partial charge in [-0.2, -0.15) is 0 Å². The molecule has 0 fully saturated rings. The lowest BCUT2D eigenvalue weighted by Gasteiger charge is -2.21. The Morgan fingerprint density at radius 1 is 1.20 bits per heavy atom. The van der Waals surface area contributed by atoms with Crippen molar-refractivity contribution in [3.8, 4) is 0 Å². The Morgan fingerprint density at radius 3 is 2.40 bits per heavy atom. The van der Waals surface area contributed by atoms with Gasteiger partial charge in [0.15, 0.2) is 0 Å². The summed E-state index contributed by atoms with van der Waals surface area (Å²) in [5.74, 6) is 1.27. The fourth-order valence-electron chi connectivity index (χ4n) is 2.16. The van der Waals surface area contributed by atoms with Crippen LogP contribution in [-0.2, 0) is 0 Å². The van der Waals surface area contributed by atoms with Crippen molar-refractivity contribution >= 4 is 0 Å². The third kappa shape index (κ3) is 3.07. The summed E-state index contributed by atoms with van der Waals surface area (Å²) in [5.41, 5.74) is 9.83. The summed E-state index contributed by atoms with van der Waals surface area (Å²) in [6, 6.07) is 6.73. The van der Waals surface area contributed by atoms with Crippen LogP contribution in [0, 0.1) is 19.8 Å². The maximum absolute atomic E-state index is 5.61. The normalized spacial score (nSPS) is 15.0. The van der Waals surface area contributed by atoms with Gasteiger partial charge in [-0.15, -0.1) is 0 Å². The smallest absolute Gasteiger partial charge is 0.00745 e. The molecule has 1 rings (SSSR count). The van der Waals surface area contributed by atoms with Crippen LogP contribution in [0.3, 0.4) is 0 Å². The molecule has 0 radical (unpaired) electrons. The first-order valence-corrected chi connectivity index (χ1v) is 5.83. The molecule has 0 saturated heterocycles. The third-order valence-electron chi connectivity index (χ3n) is 3.39. The van der Waals surface area contributed by atoms with Gasteiger partial charge in [0.1, 0.15) is 0 Å². The predicted molar refractivity (Wildman–Crippen MR) is 67.2 cm³/mol. The topological polar surface area (TPSA) is 26.0 Å². The van der Waals surface area contributed by atoms with E-state index in [9.17, 15) is 0 Å². The van der Waals surface area contributed by atoms with Crippen LogP contribution in [0.5, 0.6) is 0 Å². The highest BCUT2D eigenvalue weighted by molar-refractivity contribution is 5.33. The van der Waals surface area contributed by atoms with Crippen molar-refractivity contribution in [2.75, 3.05) is 6.54 Å². The lowest BCUT2D eigenvalue weighted by atomic mass is 9.84. The molecule has 0 aliphatic heterocycles. The second-order valence-corrected chi connectivity index (χ2v) is 4.70. The van der Waals surface area contributed by atoms with Crippen LogP contribution in [-0.4, -0.2) is 6.54 Å². The first-order valence-electron chi connectivity index (χ1n) is 5.83. The second kappa shape index (κ2) is 5.32. The molecule has 0 bridgehead atoms. The molecule has 2 N–H and O–H groups in total. The van der Waals surface area contributed by atoms with Crippen LogP contribution >= 0.6 is 0 Å². The van der Waals surface area contributed by atoms with E-state index in [2.05, 4.69) is 45.9 Å². The Labute approximate surface area is 93.7 Å². The van der Waals surface area contributed by atoms with Gasteiger partial charge >= 0.3 is 0 Å². The molecule has 1 nitrogen and oxygen atoms in total. The van der Waals surface area contributed by atoms with Crippen LogP contribution in [0.1, 0.15) is 42.9 Å². The monoisotopic (exact) mass is 205 g/mol. The van der Waals surface area contributed by atoms with Crippen molar-refractivity contribution < 1.29 is 0 Å². The fourth-order valence-corrected chi connectivity index (χ4v) is 2.16. The molecule has 0 aromatic heterocycles. The van der Waals surface area contributed by atoms with Crippen molar-refractivity contribution in [1.29, 1.82) is 0 Å².